The van der Waals surface area contributed by atoms with Gasteiger partial charge in [0.25, 0.3) is 0 Å². The standard InChI is InChI=1S/C44H76O6/c1-3-5-7-9-11-13-15-17-18-19-20-21-23-25-27-29-31-33-37-43(47)49-39-42(46)40-50-44(48)38-34-36-41(45)35-32-30-28-26-24-22-16-14-12-10-8-6-4-2/h6,8,12,14,22,24,28,30,32,35,41-42,45-46H,3-5,7,9-11,13,15-21,23,25-27,29,31,33-34,36-40H2,1-2H3/b8-6-,14-12-,24-22-,30-28-,35-32+/t41?,42-/m1/s1. The molecule has 288 valence electrons. The maximum Gasteiger partial charge on any atom is 0.305 e. The number of carbonyl (C=O) groups excluding carboxylic acids is 2. The largest absolute Gasteiger partial charge is 0.463 e. The molecule has 0 bridgehead atoms. The molecule has 0 aromatic carbocycles. The Morgan fingerprint density at radius 3 is 1.36 bits per heavy atom. The van der Waals surface area contributed by atoms with E-state index in [0.29, 0.717) is 19.3 Å². The van der Waals surface area contributed by atoms with Crippen molar-refractivity contribution in [3.63, 3.8) is 0 Å². The summed E-state index contributed by atoms with van der Waals surface area (Å²) in [5, 5.41) is 20.1. The molecule has 6 heteroatoms. The van der Waals surface area contributed by atoms with Crippen LogP contribution in [0.4, 0.5) is 0 Å². The monoisotopic (exact) mass is 701 g/mol. The molecule has 50 heavy (non-hydrogen) atoms. The summed E-state index contributed by atoms with van der Waals surface area (Å²) in [4.78, 5) is 24.0. The van der Waals surface area contributed by atoms with Crippen molar-refractivity contribution in [1.29, 1.82) is 0 Å². The Bertz CT molecular complexity index is 902. The van der Waals surface area contributed by atoms with Crippen LogP contribution < -0.4 is 0 Å². The van der Waals surface area contributed by atoms with Crippen LogP contribution >= 0.6 is 0 Å². The average Bonchev–Trinajstić information content (AvgIpc) is 3.11. The van der Waals surface area contributed by atoms with E-state index < -0.39 is 18.2 Å². The fraction of sp³-hybridized carbons (Fsp3) is 0.727. The number of hydrogen-bond donors (Lipinski definition) is 2. The zero-order valence-corrected chi connectivity index (χ0v) is 32.3. The van der Waals surface area contributed by atoms with E-state index >= 15 is 0 Å². The van der Waals surface area contributed by atoms with Crippen molar-refractivity contribution in [2.45, 2.75) is 193 Å². The molecule has 1 unspecified atom stereocenters. The number of aliphatic hydroxyl groups excluding tert-OH is 2. The Kier molecular flexibility index (Phi) is 37.4. The van der Waals surface area contributed by atoms with Crippen molar-refractivity contribution in [3.05, 3.63) is 60.8 Å². The summed E-state index contributed by atoms with van der Waals surface area (Å²) in [5.41, 5.74) is 0. The number of hydrogen-bond acceptors (Lipinski definition) is 6. The lowest BCUT2D eigenvalue weighted by molar-refractivity contribution is -0.152. The van der Waals surface area contributed by atoms with Gasteiger partial charge in [-0.25, -0.2) is 0 Å². The molecule has 0 saturated carbocycles. The molecule has 0 fully saturated rings. The highest BCUT2D eigenvalue weighted by Gasteiger charge is 2.12. The maximum atomic E-state index is 12.0. The topological polar surface area (TPSA) is 93.1 Å². The smallest absolute Gasteiger partial charge is 0.305 e. The minimum absolute atomic E-state index is 0.154. The molecule has 0 aromatic rings. The fourth-order valence-corrected chi connectivity index (χ4v) is 5.53. The highest BCUT2D eigenvalue weighted by molar-refractivity contribution is 5.69. The third kappa shape index (κ3) is 38.4. The summed E-state index contributed by atoms with van der Waals surface area (Å²) in [5.74, 6) is -0.761. The van der Waals surface area contributed by atoms with Crippen LogP contribution in [-0.4, -0.2) is 47.6 Å². The first-order valence-corrected chi connectivity index (χ1v) is 20.4. The summed E-state index contributed by atoms with van der Waals surface area (Å²) in [7, 11) is 0. The van der Waals surface area contributed by atoms with E-state index in [4.69, 9.17) is 9.47 Å². The minimum Gasteiger partial charge on any atom is -0.463 e. The first-order valence-electron chi connectivity index (χ1n) is 20.4. The van der Waals surface area contributed by atoms with Gasteiger partial charge in [-0.1, -0.05) is 184 Å². The quantitative estimate of drug-likeness (QED) is 0.0292. The highest BCUT2D eigenvalue weighted by Crippen LogP contribution is 2.15. The summed E-state index contributed by atoms with van der Waals surface area (Å²) in [6.07, 6.45) is 47.4. The second kappa shape index (κ2) is 39.3. The number of unbranched alkanes of at least 4 members (excludes halogenated alkanes) is 17. The van der Waals surface area contributed by atoms with E-state index in [1.54, 1.807) is 6.08 Å². The summed E-state index contributed by atoms with van der Waals surface area (Å²) in [6.45, 7) is 4.02. The van der Waals surface area contributed by atoms with E-state index in [0.717, 1.165) is 44.9 Å². The van der Waals surface area contributed by atoms with Crippen LogP contribution in [0.2, 0.25) is 0 Å². The van der Waals surface area contributed by atoms with Crippen molar-refractivity contribution in [1.82, 2.24) is 0 Å². The third-order valence-electron chi connectivity index (χ3n) is 8.62. The maximum absolute atomic E-state index is 12.0. The molecule has 0 aliphatic heterocycles. The second-order valence-corrected chi connectivity index (χ2v) is 13.6. The van der Waals surface area contributed by atoms with Gasteiger partial charge in [0, 0.05) is 12.8 Å². The highest BCUT2D eigenvalue weighted by atomic mass is 16.6. The molecule has 0 rings (SSSR count). The molecular formula is C44H76O6. The summed E-state index contributed by atoms with van der Waals surface area (Å²) < 4.78 is 10.2. The van der Waals surface area contributed by atoms with Gasteiger partial charge in [-0.05, 0) is 44.9 Å². The summed E-state index contributed by atoms with van der Waals surface area (Å²) in [6, 6.07) is 0. The second-order valence-electron chi connectivity index (χ2n) is 13.6. The lowest BCUT2D eigenvalue weighted by Gasteiger charge is -2.12. The van der Waals surface area contributed by atoms with Gasteiger partial charge in [-0.2, -0.15) is 0 Å². The Morgan fingerprint density at radius 1 is 0.500 bits per heavy atom. The molecule has 2 N–H and O–H groups in total. The van der Waals surface area contributed by atoms with Gasteiger partial charge in [0.15, 0.2) is 0 Å². The van der Waals surface area contributed by atoms with Crippen LogP contribution in [0.15, 0.2) is 60.8 Å². The molecule has 0 amide bonds. The van der Waals surface area contributed by atoms with Crippen LogP contribution in [-0.2, 0) is 19.1 Å². The van der Waals surface area contributed by atoms with Crippen LogP contribution in [0, 0.1) is 0 Å². The van der Waals surface area contributed by atoms with Gasteiger partial charge < -0.3 is 19.7 Å². The predicted molar refractivity (Wildman–Crippen MR) is 211 cm³/mol. The van der Waals surface area contributed by atoms with Crippen molar-refractivity contribution in [2.24, 2.45) is 0 Å². The molecule has 0 heterocycles. The van der Waals surface area contributed by atoms with Gasteiger partial charge in [-0.3, -0.25) is 9.59 Å². The number of rotatable bonds is 36. The van der Waals surface area contributed by atoms with Gasteiger partial charge >= 0.3 is 11.9 Å². The first-order chi connectivity index (χ1) is 24.5. The molecule has 0 aliphatic rings. The van der Waals surface area contributed by atoms with Crippen LogP contribution in [0.25, 0.3) is 0 Å². The van der Waals surface area contributed by atoms with Crippen molar-refractivity contribution in [2.75, 3.05) is 13.2 Å². The Hall–Kier alpha value is -2.44. The minimum atomic E-state index is -1.04. The van der Waals surface area contributed by atoms with E-state index in [1.165, 1.54) is 96.3 Å². The molecule has 2 atom stereocenters. The molecule has 0 radical (unpaired) electrons. The number of esters is 2. The molecule has 0 spiro atoms. The molecule has 0 saturated heterocycles. The van der Waals surface area contributed by atoms with E-state index in [2.05, 4.69) is 50.3 Å². The van der Waals surface area contributed by atoms with Gasteiger partial charge in [0.2, 0.25) is 0 Å². The first kappa shape index (κ1) is 47.6. The van der Waals surface area contributed by atoms with Crippen LogP contribution in [0.5, 0.6) is 0 Å². The van der Waals surface area contributed by atoms with E-state index in [1.807, 2.05) is 18.2 Å². The Morgan fingerprint density at radius 2 is 0.900 bits per heavy atom. The normalized spacial score (nSPS) is 13.4. The zero-order valence-electron chi connectivity index (χ0n) is 32.3. The molecule has 6 nitrogen and oxygen atoms in total. The number of ether oxygens (including phenoxy) is 2. The van der Waals surface area contributed by atoms with Gasteiger partial charge in [0.05, 0.1) is 6.10 Å². The van der Waals surface area contributed by atoms with Crippen molar-refractivity contribution >= 4 is 11.9 Å². The fourth-order valence-electron chi connectivity index (χ4n) is 5.53. The van der Waals surface area contributed by atoms with Crippen LogP contribution in [0.3, 0.4) is 0 Å². The zero-order chi connectivity index (χ0) is 36.6. The Labute approximate surface area is 307 Å². The average molecular weight is 701 g/mol. The molecular weight excluding hydrogens is 624 g/mol. The molecule has 0 aliphatic carbocycles. The summed E-state index contributed by atoms with van der Waals surface area (Å²) >= 11 is 0. The van der Waals surface area contributed by atoms with Crippen molar-refractivity contribution < 1.29 is 29.3 Å². The lowest BCUT2D eigenvalue weighted by Crippen LogP contribution is -2.25. The Balaban J connectivity index is 3.60. The number of allylic oxidation sites excluding steroid dienone is 9. The molecule has 0 aromatic heterocycles. The van der Waals surface area contributed by atoms with Crippen molar-refractivity contribution in [3.8, 4) is 0 Å². The van der Waals surface area contributed by atoms with E-state index in [9.17, 15) is 19.8 Å². The van der Waals surface area contributed by atoms with E-state index in [-0.39, 0.29) is 25.6 Å². The number of carbonyl (C=O) groups is 2. The van der Waals surface area contributed by atoms with Gasteiger partial charge in [0.1, 0.15) is 19.3 Å². The number of aliphatic hydroxyl groups is 2. The van der Waals surface area contributed by atoms with Crippen LogP contribution in [0.1, 0.15) is 181 Å². The SMILES string of the molecule is CC/C=C\C/C=C\C/C=C\C/C=C\C=C\C(O)CCCC(=O)OC[C@H](O)COC(=O)CCCCCCCCCCCCCCCCCCCC. The van der Waals surface area contributed by atoms with Gasteiger partial charge in [-0.15, -0.1) is 0 Å². The third-order valence-corrected chi connectivity index (χ3v) is 8.62. The lowest BCUT2D eigenvalue weighted by atomic mass is 10.0. The predicted octanol–water partition coefficient (Wildman–Crippen LogP) is 11.8.